The van der Waals surface area contributed by atoms with Crippen LogP contribution in [-0.2, 0) is 34.1 Å². The summed E-state index contributed by atoms with van der Waals surface area (Å²) in [6.45, 7) is 0.672. The van der Waals surface area contributed by atoms with Crippen molar-refractivity contribution in [2.75, 3.05) is 26.2 Å². The van der Waals surface area contributed by atoms with E-state index < -0.39 is 20.0 Å². The molecular formula is C13H20N6O4S2. The van der Waals surface area contributed by atoms with Gasteiger partial charge in [0.05, 0.1) is 12.5 Å². The molecule has 0 aliphatic carbocycles. The van der Waals surface area contributed by atoms with E-state index in [1.165, 1.54) is 38.2 Å². The highest BCUT2D eigenvalue weighted by Crippen LogP contribution is 2.20. The van der Waals surface area contributed by atoms with Crippen LogP contribution in [0.4, 0.5) is 0 Å². The molecule has 3 heterocycles. The van der Waals surface area contributed by atoms with Gasteiger partial charge in [-0.3, -0.25) is 4.68 Å². The Kier molecular flexibility index (Phi) is 4.70. The molecule has 0 amide bonds. The lowest BCUT2D eigenvalue weighted by Gasteiger charge is -2.20. The number of hydrogen-bond acceptors (Lipinski definition) is 6. The summed E-state index contributed by atoms with van der Waals surface area (Å²) in [7, 11) is -4.08. The van der Waals surface area contributed by atoms with Gasteiger partial charge in [0.2, 0.25) is 10.0 Å². The zero-order valence-corrected chi connectivity index (χ0v) is 15.6. The van der Waals surface area contributed by atoms with Gasteiger partial charge < -0.3 is 4.57 Å². The normalized spacial score (nSPS) is 18.3. The fraction of sp³-hybridized carbons (Fsp3) is 0.538. The van der Waals surface area contributed by atoms with Crippen molar-refractivity contribution in [3.63, 3.8) is 0 Å². The van der Waals surface area contributed by atoms with Crippen LogP contribution >= 0.6 is 0 Å². The van der Waals surface area contributed by atoms with Crippen molar-refractivity contribution in [1.29, 1.82) is 0 Å². The second kappa shape index (κ2) is 6.52. The monoisotopic (exact) mass is 388 g/mol. The molecule has 1 aliphatic rings. The first-order valence-corrected chi connectivity index (χ1v) is 10.6. The fourth-order valence-corrected chi connectivity index (χ4v) is 5.58. The molecule has 138 valence electrons. The summed E-state index contributed by atoms with van der Waals surface area (Å²) < 4.78 is 56.2. The van der Waals surface area contributed by atoms with Crippen molar-refractivity contribution in [3.8, 4) is 0 Å². The van der Waals surface area contributed by atoms with E-state index in [2.05, 4.69) is 10.1 Å². The SMILES string of the molecule is Cn1cnc(S(=O)(=O)N2CCCN(S(=O)(=O)c3cnn(C)c3)CC2)c1. The molecule has 3 rings (SSSR count). The molecule has 0 radical (unpaired) electrons. The van der Waals surface area contributed by atoms with Gasteiger partial charge in [-0.25, -0.2) is 21.8 Å². The lowest BCUT2D eigenvalue weighted by atomic mass is 10.4. The molecule has 0 bridgehead atoms. The van der Waals surface area contributed by atoms with Crippen LogP contribution < -0.4 is 0 Å². The molecule has 2 aromatic heterocycles. The first kappa shape index (κ1) is 18.0. The zero-order chi connectivity index (χ0) is 18.2. The van der Waals surface area contributed by atoms with E-state index in [9.17, 15) is 16.8 Å². The minimum absolute atomic E-state index is 0.0291. The van der Waals surface area contributed by atoms with Crippen LogP contribution in [0.2, 0.25) is 0 Å². The summed E-state index contributed by atoms with van der Waals surface area (Å²) in [5.41, 5.74) is 0. The molecule has 0 N–H and O–H groups in total. The molecule has 0 atom stereocenters. The molecule has 25 heavy (non-hydrogen) atoms. The Bertz CT molecular complexity index is 884. The number of rotatable bonds is 4. The van der Waals surface area contributed by atoms with E-state index in [-0.39, 0.29) is 36.1 Å². The number of imidazole rings is 1. The Hall–Kier alpha value is -1.76. The summed E-state index contributed by atoms with van der Waals surface area (Å²) in [5.74, 6) is 0. The molecule has 2 aromatic rings. The number of nitrogens with zero attached hydrogens (tertiary/aromatic N) is 6. The average molecular weight is 388 g/mol. The molecule has 0 saturated carbocycles. The summed E-state index contributed by atoms with van der Waals surface area (Å²) in [6.07, 6.45) is 5.99. The highest BCUT2D eigenvalue weighted by atomic mass is 32.2. The maximum absolute atomic E-state index is 12.7. The second-order valence-corrected chi connectivity index (χ2v) is 9.71. The van der Waals surface area contributed by atoms with Gasteiger partial charge in [0.25, 0.3) is 10.0 Å². The molecule has 0 spiro atoms. The predicted molar refractivity (Wildman–Crippen MR) is 88.6 cm³/mol. The topological polar surface area (TPSA) is 110 Å². The maximum Gasteiger partial charge on any atom is 0.262 e. The van der Waals surface area contributed by atoms with Crippen LogP contribution in [0.3, 0.4) is 0 Å². The number of hydrogen-bond donors (Lipinski definition) is 0. The van der Waals surface area contributed by atoms with Gasteiger partial charge in [0.1, 0.15) is 4.90 Å². The smallest absolute Gasteiger partial charge is 0.262 e. The Morgan fingerprint density at radius 1 is 0.920 bits per heavy atom. The summed E-state index contributed by atoms with van der Waals surface area (Å²) in [6, 6.07) is 0. The highest BCUT2D eigenvalue weighted by Gasteiger charge is 2.33. The minimum atomic E-state index is -3.73. The number of aromatic nitrogens is 4. The predicted octanol–water partition coefficient (Wildman–Crippen LogP) is -0.761. The second-order valence-electron chi connectivity index (χ2n) is 5.89. The Morgan fingerprint density at radius 2 is 1.56 bits per heavy atom. The third kappa shape index (κ3) is 3.47. The average Bonchev–Trinajstić information content (AvgIpc) is 3.08. The number of aryl methyl sites for hydroxylation is 2. The molecule has 0 aromatic carbocycles. The zero-order valence-electron chi connectivity index (χ0n) is 14.0. The van der Waals surface area contributed by atoms with Crippen LogP contribution in [0.15, 0.2) is 34.8 Å². The first-order valence-electron chi connectivity index (χ1n) is 7.68. The van der Waals surface area contributed by atoms with Crippen LogP contribution in [0.25, 0.3) is 0 Å². The van der Waals surface area contributed by atoms with Gasteiger partial charge >= 0.3 is 0 Å². The van der Waals surface area contributed by atoms with Crippen LogP contribution in [0, 0.1) is 0 Å². The molecule has 10 nitrogen and oxygen atoms in total. The first-order chi connectivity index (χ1) is 11.7. The van der Waals surface area contributed by atoms with E-state index in [1.54, 1.807) is 18.7 Å². The Balaban J connectivity index is 1.79. The van der Waals surface area contributed by atoms with Gasteiger partial charge in [-0.05, 0) is 6.42 Å². The van der Waals surface area contributed by atoms with Crippen molar-refractivity contribution in [1.82, 2.24) is 27.9 Å². The van der Waals surface area contributed by atoms with Crippen molar-refractivity contribution in [2.24, 2.45) is 14.1 Å². The molecule has 1 aliphatic heterocycles. The standard InChI is InChI=1S/C13H20N6O4S2/c1-16-10-13(14-11-16)25(22,23)19-5-3-4-18(6-7-19)24(20,21)12-8-15-17(2)9-12/h8-11H,3-7H2,1-2H3. The lowest BCUT2D eigenvalue weighted by Crippen LogP contribution is -2.37. The van der Waals surface area contributed by atoms with Gasteiger partial charge in [-0.15, -0.1) is 0 Å². The van der Waals surface area contributed by atoms with E-state index in [1.807, 2.05) is 0 Å². The summed E-state index contributed by atoms with van der Waals surface area (Å²) in [4.78, 5) is 4.01. The van der Waals surface area contributed by atoms with Crippen molar-refractivity contribution < 1.29 is 16.8 Å². The Labute approximate surface area is 146 Å². The molecule has 12 heteroatoms. The minimum Gasteiger partial charge on any atom is -0.339 e. The van der Waals surface area contributed by atoms with E-state index in [0.717, 1.165) is 0 Å². The third-order valence-corrected chi connectivity index (χ3v) is 7.65. The quantitative estimate of drug-likeness (QED) is 0.681. The summed E-state index contributed by atoms with van der Waals surface area (Å²) in [5, 5.41) is 3.86. The van der Waals surface area contributed by atoms with Crippen molar-refractivity contribution in [3.05, 3.63) is 24.9 Å². The fourth-order valence-electron chi connectivity index (χ4n) is 2.69. The molecule has 0 unspecified atom stereocenters. The van der Waals surface area contributed by atoms with E-state index in [0.29, 0.717) is 6.42 Å². The van der Waals surface area contributed by atoms with Gasteiger partial charge in [-0.2, -0.15) is 13.7 Å². The van der Waals surface area contributed by atoms with Crippen LogP contribution in [0.5, 0.6) is 0 Å². The maximum atomic E-state index is 12.7. The highest BCUT2D eigenvalue weighted by molar-refractivity contribution is 7.89. The van der Waals surface area contributed by atoms with Gasteiger partial charge in [0, 0.05) is 52.7 Å². The number of sulfonamides is 2. The van der Waals surface area contributed by atoms with E-state index >= 15 is 0 Å². The van der Waals surface area contributed by atoms with Crippen molar-refractivity contribution >= 4 is 20.0 Å². The molecular weight excluding hydrogens is 368 g/mol. The van der Waals surface area contributed by atoms with Crippen LogP contribution in [0.1, 0.15) is 6.42 Å². The van der Waals surface area contributed by atoms with Gasteiger partial charge in [0.15, 0.2) is 5.03 Å². The largest absolute Gasteiger partial charge is 0.339 e. The summed E-state index contributed by atoms with van der Waals surface area (Å²) >= 11 is 0. The molecule has 1 fully saturated rings. The van der Waals surface area contributed by atoms with Gasteiger partial charge in [-0.1, -0.05) is 0 Å². The van der Waals surface area contributed by atoms with Crippen LogP contribution in [-0.4, -0.2) is 71.0 Å². The lowest BCUT2D eigenvalue weighted by molar-refractivity contribution is 0.403. The third-order valence-electron chi connectivity index (χ3n) is 4.02. The van der Waals surface area contributed by atoms with E-state index in [4.69, 9.17) is 0 Å². The molecule has 1 saturated heterocycles. The Morgan fingerprint density at radius 3 is 2.08 bits per heavy atom. The van der Waals surface area contributed by atoms with Crippen molar-refractivity contribution in [2.45, 2.75) is 16.3 Å².